The largest absolute Gasteiger partial charge is 0.496 e. The normalized spacial score (nSPS) is 27.4. The first-order valence-electron chi connectivity index (χ1n) is 14.3. The third-order valence-electron chi connectivity index (χ3n) is 9.16. The first-order chi connectivity index (χ1) is 18.8. The molecule has 1 saturated heterocycles. The SMILES string of the molecule is COc1c(CC(NC(=O)CCn2ccnc2)B2OC3CC4CC(C4(C)C)C3(C)O2)cccc1C(=O)OC(C)(C)C. The second-order valence-corrected chi connectivity index (χ2v) is 13.3. The van der Waals surface area contributed by atoms with Gasteiger partial charge in [0.25, 0.3) is 0 Å². The lowest BCUT2D eigenvalue weighted by Gasteiger charge is -2.64. The Hall–Kier alpha value is -2.85. The lowest BCUT2D eigenvalue weighted by atomic mass is 9.43. The predicted molar refractivity (Wildman–Crippen MR) is 151 cm³/mol. The fourth-order valence-corrected chi connectivity index (χ4v) is 6.93. The Bertz CT molecular complexity index is 1240. The summed E-state index contributed by atoms with van der Waals surface area (Å²) in [7, 11) is 0.913. The molecule has 40 heavy (non-hydrogen) atoms. The molecule has 0 radical (unpaired) electrons. The second-order valence-electron chi connectivity index (χ2n) is 13.3. The minimum absolute atomic E-state index is 0.0189. The van der Waals surface area contributed by atoms with Gasteiger partial charge in [0.2, 0.25) is 5.91 Å². The van der Waals surface area contributed by atoms with Gasteiger partial charge >= 0.3 is 13.1 Å². The van der Waals surface area contributed by atoms with Crippen molar-refractivity contribution in [1.29, 1.82) is 0 Å². The van der Waals surface area contributed by atoms with Crippen LogP contribution >= 0.6 is 0 Å². The van der Waals surface area contributed by atoms with Gasteiger partial charge in [0.1, 0.15) is 16.9 Å². The zero-order valence-electron chi connectivity index (χ0n) is 24.7. The second kappa shape index (κ2) is 10.5. The van der Waals surface area contributed by atoms with Gasteiger partial charge < -0.3 is 28.7 Å². The highest BCUT2D eigenvalue weighted by molar-refractivity contribution is 6.48. The van der Waals surface area contributed by atoms with E-state index >= 15 is 0 Å². The lowest BCUT2D eigenvalue weighted by molar-refractivity contribution is -0.199. The molecule has 1 aromatic carbocycles. The summed E-state index contributed by atoms with van der Waals surface area (Å²) in [5.74, 6) is 0.391. The summed E-state index contributed by atoms with van der Waals surface area (Å²) in [6.07, 6.45) is 7.95. The van der Waals surface area contributed by atoms with Crippen LogP contribution in [0.4, 0.5) is 0 Å². The smallest absolute Gasteiger partial charge is 0.482 e. The number of carbonyl (C=O) groups is 2. The van der Waals surface area contributed by atoms with Crippen molar-refractivity contribution >= 4 is 19.0 Å². The zero-order chi connectivity index (χ0) is 28.9. The Morgan fingerprint density at radius 1 is 1.25 bits per heavy atom. The van der Waals surface area contributed by atoms with Crippen LogP contribution in [0.15, 0.2) is 36.9 Å². The number of amides is 1. The molecule has 216 valence electrons. The van der Waals surface area contributed by atoms with E-state index in [1.165, 1.54) is 0 Å². The molecule has 3 aliphatic carbocycles. The van der Waals surface area contributed by atoms with Gasteiger partial charge in [-0.25, -0.2) is 9.78 Å². The van der Waals surface area contributed by atoms with Crippen molar-refractivity contribution in [2.24, 2.45) is 17.3 Å². The standard InChI is InChI=1S/C30H42BN3O6/c1-28(2,3)38-27(36)21-10-8-9-19(26(21)37-7)15-24(33-25(35)11-13-34-14-12-32-18-34)31-39-23-17-20-16-22(29(20,4)5)30(23,6)40-31/h8-10,12,14,18,20,22-24H,11,13,15-17H2,1-7H3,(H,33,35). The summed E-state index contributed by atoms with van der Waals surface area (Å²) < 4.78 is 26.6. The molecule has 1 aromatic heterocycles. The summed E-state index contributed by atoms with van der Waals surface area (Å²) in [6.45, 7) is 12.8. The average molecular weight is 551 g/mol. The van der Waals surface area contributed by atoms with E-state index in [4.69, 9.17) is 18.8 Å². The van der Waals surface area contributed by atoms with E-state index in [-0.39, 0.29) is 23.8 Å². The number of aromatic nitrogens is 2. The van der Waals surface area contributed by atoms with Crippen molar-refractivity contribution in [2.75, 3.05) is 7.11 Å². The van der Waals surface area contributed by atoms with E-state index in [1.807, 2.05) is 43.7 Å². The molecule has 2 bridgehead atoms. The van der Waals surface area contributed by atoms with Crippen molar-refractivity contribution in [2.45, 2.75) is 97.0 Å². The molecule has 9 nitrogen and oxygen atoms in total. The number of ether oxygens (including phenoxy) is 2. The van der Waals surface area contributed by atoms with Crippen LogP contribution in [0.5, 0.6) is 5.75 Å². The molecule has 2 heterocycles. The molecule has 10 heteroatoms. The van der Waals surface area contributed by atoms with E-state index in [0.717, 1.165) is 18.4 Å². The van der Waals surface area contributed by atoms with Crippen LogP contribution in [-0.2, 0) is 31.8 Å². The van der Waals surface area contributed by atoms with Gasteiger partial charge in [-0.2, -0.15) is 0 Å². The average Bonchev–Trinajstić information content (AvgIpc) is 3.52. The number of nitrogens with one attached hydrogen (secondary N) is 1. The van der Waals surface area contributed by atoms with Crippen molar-refractivity contribution in [3.8, 4) is 5.75 Å². The van der Waals surface area contributed by atoms with Crippen molar-refractivity contribution < 1.29 is 28.4 Å². The monoisotopic (exact) mass is 551 g/mol. The number of benzene rings is 1. The molecule has 1 N–H and O–H groups in total. The molecular formula is C30H42BN3O6. The molecule has 3 saturated carbocycles. The van der Waals surface area contributed by atoms with Crippen molar-refractivity contribution in [3.63, 3.8) is 0 Å². The van der Waals surface area contributed by atoms with E-state index in [0.29, 0.717) is 36.1 Å². The Labute approximate surface area is 237 Å². The maximum atomic E-state index is 13.2. The summed E-state index contributed by atoms with van der Waals surface area (Å²) in [6, 6.07) is 5.41. The molecule has 5 unspecified atom stereocenters. The number of para-hydroxylation sites is 1. The molecule has 5 atom stereocenters. The number of hydrogen-bond acceptors (Lipinski definition) is 7. The van der Waals surface area contributed by atoms with Crippen LogP contribution in [0, 0.1) is 17.3 Å². The van der Waals surface area contributed by atoms with Gasteiger partial charge in [-0.3, -0.25) is 4.79 Å². The van der Waals surface area contributed by atoms with E-state index in [1.54, 1.807) is 25.7 Å². The first kappa shape index (κ1) is 28.7. The molecule has 2 aromatic rings. The molecule has 1 aliphatic heterocycles. The third kappa shape index (κ3) is 5.40. The first-order valence-corrected chi connectivity index (χ1v) is 14.3. The van der Waals surface area contributed by atoms with Gasteiger partial charge in [0.05, 0.1) is 31.1 Å². The topological polar surface area (TPSA) is 101 Å². The van der Waals surface area contributed by atoms with Crippen LogP contribution in [-0.4, -0.2) is 58.9 Å². The van der Waals surface area contributed by atoms with Crippen LogP contribution in [0.2, 0.25) is 0 Å². The minimum Gasteiger partial charge on any atom is -0.496 e. The Morgan fingerprint density at radius 3 is 2.67 bits per heavy atom. The van der Waals surface area contributed by atoms with Gasteiger partial charge in [-0.05, 0) is 75.8 Å². The minimum atomic E-state index is -0.643. The number of hydrogen-bond donors (Lipinski definition) is 1. The highest BCUT2D eigenvalue weighted by atomic mass is 16.7. The summed E-state index contributed by atoms with van der Waals surface area (Å²) in [5.41, 5.74) is 0.262. The van der Waals surface area contributed by atoms with Crippen LogP contribution in [0.3, 0.4) is 0 Å². The van der Waals surface area contributed by atoms with E-state index in [2.05, 4.69) is 31.1 Å². The Kier molecular flexibility index (Phi) is 7.55. The molecular weight excluding hydrogens is 509 g/mol. The Morgan fingerprint density at radius 2 is 2.02 bits per heavy atom. The van der Waals surface area contributed by atoms with Crippen molar-refractivity contribution in [1.82, 2.24) is 14.9 Å². The predicted octanol–water partition coefficient (Wildman–Crippen LogP) is 4.23. The highest BCUT2D eigenvalue weighted by Gasteiger charge is 2.68. The number of methoxy groups -OCH3 is 1. The number of esters is 1. The van der Waals surface area contributed by atoms with Gasteiger partial charge in [0.15, 0.2) is 0 Å². The molecule has 6 rings (SSSR count). The van der Waals surface area contributed by atoms with E-state index in [9.17, 15) is 9.59 Å². The molecule has 0 spiro atoms. The fourth-order valence-electron chi connectivity index (χ4n) is 6.93. The highest BCUT2D eigenvalue weighted by Crippen LogP contribution is 2.65. The van der Waals surface area contributed by atoms with E-state index < -0.39 is 30.2 Å². The number of imidazole rings is 1. The maximum Gasteiger partial charge on any atom is 0.482 e. The molecule has 4 fully saturated rings. The number of nitrogens with zero attached hydrogens (tertiary/aromatic N) is 2. The summed E-state index contributed by atoms with van der Waals surface area (Å²) in [4.78, 5) is 30.2. The molecule has 1 amide bonds. The van der Waals surface area contributed by atoms with Gasteiger partial charge in [-0.1, -0.05) is 26.0 Å². The van der Waals surface area contributed by atoms with Crippen LogP contribution < -0.4 is 10.1 Å². The van der Waals surface area contributed by atoms with Crippen molar-refractivity contribution in [3.05, 3.63) is 48.0 Å². The fraction of sp³-hybridized carbons (Fsp3) is 0.633. The third-order valence-corrected chi connectivity index (χ3v) is 9.16. The van der Waals surface area contributed by atoms with Crippen LogP contribution in [0.25, 0.3) is 0 Å². The van der Waals surface area contributed by atoms with Gasteiger partial charge in [-0.15, -0.1) is 0 Å². The summed E-state index contributed by atoms with van der Waals surface area (Å²) >= 11 is 0. The van der Waals surface area contributed by atoms with Gasteiger partial charge in [0, 0.05) is 25.4 Å². The number of rotatable bonds is 9. The summed E-state index contributed by atoms with van der Waals surface area (Å²) in [5, 5.41) is 3.19. The maximum absolute atomic E-state index is 13.2. The van der Waals surface area contributed by atoms with Crippen LogP contribution in [0.1, 0.15) is 76.7 Å². The zero-order valence-corrected chi connectivity index (χ0v) is 24.7. The molecule has 4 aliphatic rings. The lowest BCUT2D eigenvalue weighted by Crippen LogP contribution is -2.65. The Balaban J connectivity index is 1.39. The number of carbonyl (C=O) groups excluding carboxylic acids is 2. The number of aryl methyl sites for hydroxylation is 1. The quantitative estimate of drug-likeness (QED) is 0.368.